The van der Waals surface area contributed by atoms with Crippen LogP contribution in [-0.2, 0) is 42.9 Å². The van der Waals surface area contributed by atoms with E-state index in [1.54, 1.807) is 0 Å². The highest BCUT2D eigenvalue weighted by atomic mass is 16.6. The monoisotopic (exact) mass is 1240 g/mol. The van der Waals surface area contributed by atoms with Gasteiger partial charge in [0.1, 0.15) is 22.4 Å². The van der Waals surface area contributed by atoms with Crippen LogP contribution in [0.5, 0.6) is 0 Å². The van der Waals surface area contributed by atoms with Crippen molar-refractivity contribution in [1.29, 1.82) is 0 Å². The summed E-state index contributed by atoms with van der Waals surface area (Å²) in [6.07, 6.45) is 39.6. The first-order valence-electron chi connectivity index (χ1n) is 37.8. The Kier molecular flexibility index (Phi) is 21.4. The molecule has 10 saturated carbocycles. The van der Waals surface area contributed by atoms with Gasteiger partial charge in [0.2, 0.25) is 0 Å². The molecule has 0 aromatic rings. The number of carbonyl (C=O) groups excluding carboxylic acids is 4. The number of piperidine rings is 4. The lowest BCUT2D eigenvalue weighted by atomic mass is 9.54. The average molecular weight is 1240 g/mol. The molecule has 7 saturated heterocycles. The molecule has 17 aliphatic rings. The van der Waals surface area contributed by atoms with Crippen LogP contribution in [0.3, 0.4) is 0 Å². The number of rotatable bonds is 12. The molecule has 0 aromatic carbocycles. The van der Waals surface area contributed by atoms with Crippen LogP contribution in [0.25, 0.3) is 0 Å². The Hall–Kier alpha value is -2.36. The van der Waals surface area contributed by atoms with Gasteiger partial charge in [0.25, 0.3) is 0 Å². The first-order chi connectivity index (χ1) is 42.7. The molecule has 7 aliphatic heterocycles. The number of hydrogen-bond acceptors (Lipinski definition) is 14. The summed E-state index contributed by atoms with van der Waals surface area (Å²) in [5, 5.41) is 9.60. The van der Waals surface area contributed by atoms with Crippen molar-refractivity contribution in [3.05, 3.63) is 0 Å². The van der Waals surface area contributed by atoms with Crippen molar-refractivity contribution in [1.82, 2.24) is 19.6 Å². The van der Waals surface area contributed by atoms with Crippen LogP contribution in [-0.4, -0.2) is 168 Å². The minimum absolute atomic E-state index is 0.00182. The lowest BCUT2D eigenvalue weighted by Crippen LogP contribution is -2.54. The molecule has 8 atom stereocenters. The van der Waals surface area contributed by atoms with Crippen LogP contribution in [0, 0.1) is 76.4 Å². The van der Waals surface area contributed by atoms with E-state index in [0.717, 1.165) is 209 Å². The van der Waals surface area contributed by atoms with Gasteiger partial charge in [0.15, 0.2) is 0 Å². The van der Waals surface area contributed by atoms with Crippen LogP contribution in [0.4, 0.5) is 0 Å². The van der Waals surface area contributed by atoms with E-state index < -0.39 is 0 Å². The summed E-state index contributed by atoms with van der Waals surface area (Å²) >= 11 is 0. The molecule has 2 spiro atoms. The van der Waals surface area contributed by atoms with Crippen molar-refractivity contribution in [2.24, 2.45) is 76.4 Å². The number of aliphatic hydroxyl groups excluding tert-OH is 1. The van der Waals surface area contributed by atoms with Gasteiger partial charge in [-0.25, -0.2) is 0 Å². The second kappa shape index (κ2) is 28.5. The van der Waals surface area contributed by atoms with E-state index in [4.69, 9.17) is 23.7 Å². The van der Waals surface area contributed by atoms with E-state index in [1.807, 2.05) is 6.92 Å². The van der Waals surface area contributed by atoms with Crippen molar-refractivity contribution in [2.75, 3.05) is 78.6 Å². The predicted octanol–water partition coefficient (Wildman–Crippen LogP) is 13.0. The second-order valence-corrected chi connectivity index (χ2v) is 34.6. The van der Waals surface area contributed by atoms with Gasteiger partial charge in [-0.1, -0.05) is 60.3 Å². The van der Waals surface area contributed by atoms with Crippen molar-refractivity contribution in [2.45, 2.75) is 294 Å². The highest BCUT2D eigenvalue weighted by Gasteiger charge is 2.57. The van der Waals surface area contributed by atoms with Gasteiger partial charge >= 0.3 is 23.9 Å². The fraction of sp³-hybridized carbons (Fsp3) is 0.947. The summed E-state index contributed by atoms with van der Waals surface area (Å²) in [7, 11) is 0. The largest absolute Gasteiger partial charge is 0.459 e. The molecule has 0 amide bonds. The third-order valence-electron chi connectivity index (χ3n) is 26.5. The Morgan fingerprint density at radius 1 is 0.539 bits per heavy atom. The van der Waals surface area contributed by atoms with Crippen LogP contribution in [0.15, 0.2) is 0 Å². The van der Waals surface area contributed by atoms with Crippen LogP contribution >= 0.6 is 0 Å². The quantitative estimate of drug-likeness (QED) is 0.146. The molecule has 7 heterocycles. The molecular weight excluding hydrogens is 1120 g/mol. The first kappa shape index (κ1) is 66.7. The van der Waals surface area contributed by atoms with Crippen molar-refractivity contribution in [3.8, 4) is 0 Å². The highest BCUT2D eigenvalue weighted by molar-refractivity contribution is 5.76. The minimum Gasteiger partial charge on any atom is -0.459 e. The number of nitrogens with zero attached hydrogens (tertiary/aromatic N) is 4. The zero-order chi connectivity index (χ0) is 62.1. The number of esters is 4. The Balaban J connectivity index is 0.000000117. The molecule has 0 aromatic heterocycles. The van der Waals surface area contributed by atoms with Gasteiger partial charge in [0.05, 0.1) is 42.5 Å². The lowest BCUT2D eigenvalue weighted by molar-refractivity contribution is -0.192. The van der Waals surface area contributed by atoms with E-state index in [9.17, 15) is 24.3 Å². The van der Waals surface area contributed by atoms with Crippen molar-refractivity contribution >= 4 is 23.9 Å². The minimum atomic E-state index is -0.308. The normalized spacial score (nSPS) is 41.9. The van der Waals surface area contributed by atoms with Crippen molar-refractivity contribution < 1.29 is 48.0 Å². The molecule has 504 valence electrons. The summed E-state index contributed by atoms with van der Waals surface area (Å²) in [6, 6.07) is 0.743. The number of likely N-dealkylation sites (tertiary alicyclic amines) is 4. The van der Waals surface area contributed by atoms with E-state index in [1.165, 1.54) is 135 Å². The summed E-state index contributed by atoms with van der Waals surface area (Å²) < 4.78 is 29.6. The molecule has 8 bridgehead atoms. The van der Waals surface area contributed by atoms with Gasteiger partial charge < -0.3 is 43.5 Å². The highest BCUT2D eigenvalue weighted by Crippen LogP contribution is 2.59. The first-order valence-corrected chi connectivity index (χ1v) is 37.8. The lowest BCUT2D eigenvalue weighted by Gasteiger charge is -2.56. The third-order valence-corrected chi connectivity index (χ3v) is 26.5. The molecule has 14 heteroatoms. The fourth-order valence-electron chi connectivity index (χ4n) is 22.2. The molecule has 10 aliphatic carbocycles. The number of fused-ring (bicyclic) bond motifs is 1. The molecule has 89 heavy (non-hydrogen) atoms. The van der Waals surface area contributed by atoms with Crippen LogP contribution in [0.2, 0.25) is 0 Å². The van der Waals surface area contributed by atoms with Gasteiger partial charge in [-0.15, -0.1) is 0 Å². The van der Waals surface area contributed by atoms with Gasteiger partial charge in [-0.05, 0) is 272 Å². The average Bonchev–Trinajstić information content (AvgIpc) is 2.18. The smallest absolute Gasteiger partial charge is 0.311 e. The van der Waals surface area contributed by atoms with Crippen molar-refractivity contribution in [3.63, 3.8) is 0 Å². The number of carbonyl (C=O) groups is 4. The summed E-state index contributed by atoms with van der Waals surface area (Å²) in [4.78, 5) is 60.0. The maximum Gasteiger partial charge on any atom is 0.311 e. The summed E-state index contributed by atoms with van der Waals surface area (Å²) in [5.41, 5.74) is -0.294. The SMILES string of the molecule is CC(CN1CCC(C(C)(C)C)CC1)C(=O)OC12CC3CC(CC(C3)C1)C2.CC(CN1CCCC2CCCCC21)C(=O)OC12CC3CC(CC(C3)C1)C2.CC1OCCC12CC(CN1CCCCC1)C(=O)O2.O=C1OC2(CCC(O)CC2)CC1CN1CCCCC1. The molecule has 8 unspecified atom stereocenters. The molecule has 17 rings (SSSR count). The topological polar surface area (TPSA) is 148 Å². The van der Waals surface area contributed by atoms with Gasteiger partial charge in [-0.3, -0.25) is 24.1 Å². The standard InChI is InChI=1S/C23H37NO2.C23H39NO2.C15H25NO3.C14H23NO3/c1-16(15-24-8-4-6-20-5-2-3-7-21(20)24)22(25)26-23-12-17-9-18(13-23)11-19(10-17)14-23;1-16(15-24-7-5-20(6-8-24)22(2,3)4)21(25)26-23-12-17-9-18(13-23)11-19(10-17)14-23;17-13-4-6-15(7-5-13)10-12(14(18)19-15)11-16-8-2-1-3-9-16;1-11-14(5-8-17-11)9-12(13(16)18-14)10-15-6-3-2-4-7-15/h16-21H,2-15H2,1H3;16-20H,5-15H2,1-4H3;12-13,17H,1-11H2;11-12H,2-10H2,1H3. The summed E-state index contributed by atoms with van der Waals surface area (Å²) in [5.74, 6) is 7.07. The number of ether oxygens (including phenoxy) is 5. The number of aliphatic hydroxyl groups is 1. The van der Waals surface area contributed by atoms with Crippen LogP contribution in [0.1, 0.15) is 253 Å². The Labute approximate surface area is 538 Å². The van der Waals surface area contributed by atoms with E-state index >= 15 is 0 Å². The maximum absolute atomic E-state index is 13.0. The predicted molar refractivity (Wildman–Crippen MR) is 346 cm³/mol. The van der Waals surface area contributed by atoms with E-state index in [0.29, 0.717) is 5.41 Å². The molecule has 0 radical (unpaired) electrons. The molecule has 1 N–H and O–H groups in total. The molecule has 14 nitrogen and oxygen atoms in total. The number of hydrogen-bond donors (Lipinski definition) is 1. The maximum atomic E-state index is 13.0. The van der Waals surface area contributed by atoms with E-state index in [-0.39, 0.29) is 82.2 Å². The zero-order valence-electron chi connectivity index (χ0n) is 56.9. The zero-order valence-corrected chi connectivity index (χ0v) is 56.9. The Morgan fingerprint density at radius 3 is 1.51 bits per heavy atom. The van der Waals surface area contributed by atoms with Crippen LogP contribution < -0.4 is 0 Å². The third kappa shape index (κ3) is 16.3. The molecular formula is C75H124N4O10. The van der Waals surface area contributed by atoms with Gasteiger partial charge in [-0.2, -0.15) is 0 Å². The Morgan fingerprint density at radius 2 is 1.01 bits per heavy atom. The van der Waals surface area contributed by atoms with E-state index in [2.05, 4.69) is 54.2 Å². The second-order valence-electron chi connectivity index (χ2n) is 34.6. The Bertz CT molecular complexity index is 2290. The van der Waals surface area contributed by atoms with Gasteiger partial charge in [0, 0.05) is 51.5 Å². The fourth-order valence-corrected chi connectivity index (χ4v) is 22.2. The molecule has 17 fully saturated rings. The summed E-state index contributed by atoms with van der Waals surface area (Å²) in [6.45, 7) is 25.6.